The Kier molecular flexibility index (Phi) is 9.22. The molecule has 0 atom stereocenters. The van der Waals surface area contributed by atoms with Crippen molar-refractivity contribution in [1.82, 2.24) is 10.6 Å². The first-order valence-corrected chi connectivity index (χ1v) is 7.95. The number of hydrogen-bond acceptors (Lipinski definition) is 2. The Labute approximate surface area is 161 Å². The summed E-state index contributed by atoms with van der Waals surface area (Å²) in [5, 5.41) is 15.9. The fourth-order valence-electron chi connectivity index (χ4n) is 2.27. The minimum Gasteiger partial charge on any atom is -0.508 e. The van der Waals surface area contributed by atoms with Gasteiger partial charge in [0.2, 0.25) is 0 Å². The maximum absolute atomic E-state index is 9.26. The van der Waals surface area contributed by atoms with Gasteiger partial charge in [0.25, 0.3) is 0 Å². The number of guanidine groups is 1. The summed E-state index contributed by atoms with van der Waals surface area (Å²) in [7, 11) is 1.78. The highest BCUT2D eigenvalue weighted by molar-refractivity contribution is 14.0. The van der Waals surface area contributed by atoms with E-state index in [0.717, 1.165) is 31.9 Å². The maximum Gasteiger partial charge on any atom is 0.191 e. The van der Waals surface area contributed by atoms with Gasteiger partial charge in [-0.1, -0.05) is 42.0 Å². The summed E-state index contributed by atoms with van der Waals surface area (Å²) in [6.45, 7) is 3.71. The molecule has 0 saturated heterocycles. The van der Waals surface area contributed by atoms with E-state index in [2.05, 4.69) is 46.8 Å². The monoisotopic (exact) mass is 439 g/mol. The van der Waals surface area contributed by atoms with E-state index < -0.39 is 0 Å². The number of nitrogens with zero attached hydrogens (tertiary/aromatic N) is 1. The van der Waals surface area contributed by atoms with Crippen molar-refractivity contribution >= 4 is 29.9 Å². The summed E-state index contributed by atoms with van der Waals surface area (Å²) in [6, 6.07) is 15.9. The summed E-state index contributed by atoms with van der Waals surface area (Å²) in [5.74, 6) is 1.13. The van der Waals surface area contributed by atoms with Gasteiger partial charge in [-0.15, -0.1) is 24.0 Å². The molecule has 0 spiro atoms. The van der Waals surface area contributed by atoms with Crippen LogP contribution in [0.5, 0.6) is 5.75 Å². The van der Waals surface area contributed by atoms with Crippen molar-refractivity contribution in [3.63, 3.8) is 0 Å². The first-order chi connectivity index (χ1) is 11.2. The summed E-state index contributed by atoms with van der Waals surface area (Å²) >= 11 is 0. The third-order valence-electron chi connectivity index (χ3n) is 3.68. The molecule has 0 aliphatic heterocycles. The molecule has 0 aromatic heterocycles. The Balaban J connectivity index is 0.00000288. The molecule has 2 rings (SSSR count). The van der Waals surface area contributed by atoms with Gasteiger partial charge in [0.15, 0.2) is 5.96 Å². The number of aromatic hydroxyl groups is 1. The number of aliphatic imine (C=N–C) groups is 1. The molecule has 24 heavy (non-hydrogen) atoms. The summed E-state index contributed by atoms with van der Waals surface area (Å²) in [5.41, 5.74) is 3.74. The van der Waals surface area contributed by atoms with E-state index in [9.17, 15) is 5.11 Å². The van der Waals surface area contributed by atoms with Gasteiger partial charge >= 0.3 is 0 Å². The first-order valence-electron chi connectivity index (χ1n) is 7.95. The zero-order valence-electron chi connectivity index (χ0n) is 14.2. The molecule has 0 saturated carbocycles. The number of rotatable bonds is 6. The Morgan fingerprint density at radius 1 is 0.958 bits per heavy atom. The van der Waals surface area contributed by atoms with Gasteiger partial charge in [0, 0.05) is 20.1 Å². The molecule has 2 aromatic carbocycles. The van der Waals surface area contributed by atoms with Crippen molar-refractivity contribution in [1.29, 1.82) is 0 Å². The topological polar surface area (TPSA) is 56.7 Å². The molecule has 0 amide bonds. The molecule has 130 valence electrons. The van der Waals surface area contributed by atoms with E-state index in [1.54, 1.807) is 19.2 Å². The summed E-state index contributed by atoms with van der Waals surface area (Å²) < 4.78 is 0. The number of aryl methyl sites for hydroxylation is 2. The summed E-state index contributed by atoms with van der Waals surface area (Å²) in [6.07, 6.45) is 1.98. The van der Waals surface area contributed by atoms with Crippen LogP contribution in [0, 0.1) is 6.92 Å². The SMILES string of the molecule is CN=C(NCCCc1ccc(O)cc1)NCc1ccc(C)cc1.I. The zero-order valence-corrected chi connectivity index (χ0v) is 16.6. The molecule has 0 unspecified atom stereocenters. The number of benzene rings is 2. The third-order valence-corrected chi connectivity index (χ3v) is 3.68. The maximum atomic E-state index is 9.26. The van der Waals surface area contributed by atoms with E-state index in [1.165, 1.54) is 16.7 Å². The van der Waals surface area contributed by atoms with Gasteiger partial charge in [0.1, 0.15) is 5.75 Å². The predicted molar refractivity (Wildman–Crippen MR) is 111 cm³/mol. The third kappa shape index (κ3) is 7.21. The second kappa shape index (κ2) is 10.9. The van der Waals surface area contributed by atoms with E-state index in [0.29, 0.717) is 5.75 Å². The molecular formula is C19H26IN3O. The second-order valence-corrected chi connectivity index (χ2v) is 5.61. The van der Waals surface area contributed by atoms with E-state index >= 15 is 0 Å². The number of hydrogen-bond donors (Lipinski definition) is 3. The van der Waals surface area contributed by atoms with Crippen LogP contribution >= 0.6 is 24.0 Å². The average molecular weight is 439 g/mol. The lowest BCUT2D eigenvalue weighted by Gasteiger charge is -2.12. The Bertz CT molecular complexity index is 624. The van der Waals surface area contributed by atoms with Gasteiger partial charge in [-0.3, -0.25) is 4.99 Å². The highest BCUT2D eigenvalue weighted by atomic mass is 127. The quantitative estimate of drug-likeness (QED) is 0.279. The normalized spacial score (nSPS) is 10.8. The molecular weight excluding hydrogens is 413 g/mol. The number of halogens is 1. The van der Waals surface area contributed by atoms with Gasteiger partial charge < -0.3 is 15.7 Å². The molecule has 0 fully saturated rings. The lowest BCUT2D eigenvalue weighted by Crippen LogP contribution is -2.37. The van der Waals surface area contributed by atoms with Crippen LogP contribution in [0.4, 0.5) is 0 Å². The first kappa shape index (κ1) is 20.3. The van der Waals surface area contributed by atoms with Crippen molar-refractivity contribution in [3.05, 3.63) is 65.2 Å². The highest BCUT2D eigenvalue weighted by Gasteiger charge is 1.99. The zero-order chi connectivity index (χ0) is 16.5. The standard InChI is InChI=1S/C19H25N3O.HI/c1-15-5-7-17(8-6-15)14-22-19(20-2)21-13-3-4-16-9-11-18(23)12-10-16;/h5-12,23H,3-4,13-14H2,1-2H3,(H2,20,21,22);1H. The fraction of sp³-hybridized carbons (Fsp3) is 0.316. The van der Waals surface area contributed by atoms with Gasteiger partial charge in [-0.25, -0.2) is 0 Å². The van der Waals surface area contributed by atoms with Crippen LogP contribution in [0.15, 0.2) is 53.5 Å². The predicted octanol–water partition coefficient (Wildman–Crippen LogP) is 3.62. The van der Waals surface area contributed by atoms with Gasteiger partial charge in [-0.2, -0.15) is 0 Å². The lowest BCUT2D eigenvalue weighted by molar-refractivity contribution is 0.475. The molecule has 0 radical (unpaired) electrons. The molecule has 2 aromatic rings. The molecule has 0 heterocycles. The number of phenols is 1. The van der Waals surface area contributed by atoms with Crippen molar-refractivity contribution in [2.45, 2.75) is 26.3 Å². The average Bonchev–Trinajstić information content (AvgIpc) is 2.57. The van der Waals surface area contributed by atoms with Crippen LogP contribution < -0.4 is 10.6 Å². The molecule has 5 heteroatoms. The summed E-state index contributed by atoms with van der Waals surface area (Å²) in [4.78, 5) is 4.24. The van der Waals surface area contributed by atoms with Crippen molar-refractivity contribution < 1.29 is 5.11 Å². The lowest BCUT2D eigenvalue weighted by atomic mass is 10.1. The van der Waals surface area contributed by atoms with Crippen LogP contribution in [0.3, 0.4) is 0 Å². The van der Waals surface area contributed by atoms with Gasteiger partial charge in [-0.05, 0) is 43.0 Å². The molecule has 0 bridgehead atoms. The Hall–Kier alpha value is -1.76. The van der Waals surface area contributed by atoms with Crippen molar-refractivity contribution in [3.8, 4) is 5.75 Å². The minimum atomic E-state index is 0. The van der Waals surface area contributed by atoms with E-state index in [-0.39, 0.29) is 24.0 Å². The Morgan fingerprint density at radius 3 is 2.21 bits per heavy atom. The fourth-order valence-corrected chi connectivity index (χ4v) is 2.27. The Morgan fingerprint density at radius 2 is 1.58 bits per heavy atom. The van der Waals surface area contributed by atoms with Crippen molar-refractivity contribution in [2.75, 3.05) is 13.6 Å². The number of phenolic OH excluding ortho intramolecular Hbond substituents is 1. The van der Waals surface area contributed by atoms with E-state index in [4.69, 9.17) is 0 Å². The van der Waals surface area contributed by atoms with Crippen LogP contribution in [0.1, 0.15) is 23.1 Å². The smallest absolute Gasteiger partial charge is 0.191 e. The second-order valence-electron chi connectivity index (χ2n) is 5.61. The van der Waals surface area contributed by atoms with E-state index in [1.807, 2.05) is 12.1 Å². The molecule has 0 aliphatic carbocycles. The molecule has 3 N–H and O–H groups in total. The molecule has 0 aliphatic rings. The molecule has 4 nitrogen and oxygen atoms in total. The van der Waals surface area contributed by atoms with Crippen LogP contribution in [-0.4, -0.2) is 24.7 Å². The largest absolute Gasteiger partial charge is 0.508 e. The van der Waals surface area contributed by atoms with Crippen LogP contribution in [-0.2, 0) is 13.0 Å². The number of nitrogens with one attached hydrogen (secondary N) is 2. The van der Waals surface area contributed by atoms with Gasteiger partial charge in [0.05, 0.1) is 0 Å². The van der Waals surface area contributed by atoms with Crippen molar-refractivity contribution in [2.24, 2.45) is 4.99 Å². The van der Waals surface area contributed by atoms with Crippen LogP contribution in [0.25, 0.3) is 0 Å². The van der Waals surface area contributed by atoms with Crippen LogP contribution in [0.2, 0.25) is 0 Å². The highest BCUT2D eigenvalue weighted by Crippen LogP contribution is 2.10. The minimum absolute atomic E-state index is 0.